The highest BCUT2D eigenvalue weighted by molar-refractivity contribution is 9.10. The molecule has 0 aliphatic carbocycles. The van der Waals surface area contributed by atoms with Gasteiger partial charge >= 0.3 is 0 Å². The van der Waals surface area contributed by atoms with E-state index >= 15 is 0 Å². The summed E-state index contributed by atoms with van der Waals surface area (Å²) in [5.41, 5.74) is 1.36. The summed E-state index contributed by atoms with van der Waals surface area (Å²) in [5, 5.41) is 3.55. The summed E-state index contributed by atoms with van der Waals surface area (Å²) in [6, 6.07) is 6.15. The number of nitrogens with one attached hydrogen (secondary N) is 1. The van der Waals surface area contributed by atoms with E-state index in [1.807, 2.05) is 19.1 Å². The standard InChI is InChI=1S/C14H22BrNO.ClH/c1-5-14(3,4)16-10-11-9-12(15)7-8-13(11)17-6-2;/h7-9,16H,5-6,10H2,1-4H3;1H. The Hall–Kier alpha value is -0.250. The van der Waals surface area contributed by atoms with E-state index in [9.17, 15) is 0 Å². The van der Waals surface area contributed by atoms with Crippen LogP contribution in [-0.2, 0) is 6.54 Å². The molecule has 0 amide bonds. The topological polar surface area (TPSA) is 21.3 Å². The molecule has 4 heteroatoms. The number of benzene rings is 1. The van der Waals surface area contributed by atoms with Gasteiger partial charge in [-0.2, -0.15) is 0 Å². The van der Waals surface area contributed by atoms with E-state index in [0.717, 1.165) is 23.2 Å². The van der Waals surface area contributed by atoms with Crippen molar-refractivity contribution in [2.75, 3.05) is 6.61 Å². The van der Waals surface area contributed by atoms with Crippen molar-refractivity contribution in [2.24, 2.45) is 0 Å². The van der Waals surface area contributed by atoms with Crippen LogP contribution in [0.1, 0.15) is 39.7 Å². The van der Waals surface area contributed by atoms with Gasteiger partial charge in [0, 0.05) is 22.1 Å². The van der Waals surface area contributed by atoms with Gasteiger partial charge in [0.1, 0.15) is 5.75 Å². The van der Waals surface area contributed by atoms with E-state index < -0.39 is 0 Å². The van der Waals surface area contributed by atoms with Gasteiger partial charge in [0.15, 0.2) is 0 Å². The molecule has 0 heterocycles. The average molecular weight is 337 g/mol. The first-order valence-corrected chi connectivity index (χ1v) is 6.94. The first-order chi connectivity index (χ1) is 7.98. The van der Waals surface area contributed by atoms with Crippen molar-refractivity contribution in [1.82, 2.24) is 5.32 Å². The van der Waals surface area contributed by atoms with E-state index in [4.69, 9.17) is 4.74 Å². The number of halogens is 2. The van der Waals surface area contributed by atoms with Crippen LogP contribution in [0.2, 0.25) is 0 Å². The van der Waals surface area contributed by atoms with Crippen molar-refractivity contribution >= 4 is 28.3 Å². The van der Waals surface area contributed by atoms with Crippen LogP contribution >= 0.6 is 28.3 Å². The van der Waals surface area contributed by atoms with Gasteiger partial charge in [-0.25, -0.2) is 0 Å². The van der Waals surface area contributed by atoms with Gasteiger partial charge in [-0.05, 0) is 45.4 Å². The normalized spacial score (nSPS) is 10.9. The molecule has 1 aromatic carbocycles. The highest BCUT2D eigenvalue weighted by Gasteiger charge is 2.14. The lowest BCUT2D eigenvalue weighted by molar-refractivity contribution is 0.328. The molecule has 0 radical (unpaired) electrons. The zero-order valence-corrected chi connectivity index (χ0v) is 14.0. The van der Waals surface area contributed by atoms with Crippen molar-refractivity contribution in [1.29, 1.82) is 0 Å². The lowest BCUT2D eigenvalue weighted by atomic mass is 10.0. The van der Waals surface area contributed by atoms with Crippen LogP contribution in [0.25, 0.3) is 0 Å². The first kappa shape index (κ1) is 17.8. The van der Waals surface area contributed by atoms with Crippen molar-refractivity contribution < 1.29 is 4.74 Å². The van der Waals surface area contributed by atoms with Gasteiger partial charge in [0.05, 0.1) is 6.61 Å². The molecule has 18 heavy (non-hydrogen) atoms. The predicted octanol–water partition coefficient (Wildman–Crippen LogP) is 4.55. The molecule has 0 atom stereocenters. The number of hydrogen-bond donors (Lipinski definition) is 1. The average Bonchev–Trinajstić information content (AvgIpc) is 2.30. The predicted molar refractivity (Wildman–Crippen MR) is 83.8 cm³/mol. The molecule has 1 N–H and O–H groups in total. The van der Waals surface area contributed by atoms with Crippen molar-refractivity contribution in [3.63, 3.8) is 0 Å². The van der Waals surface area contributed by atoms with Gasteiger partial charge in [0.2, 0.25) is 0 Å². The van der Waals surface area contributed by atoms with Gasteiger partial charge in [0.25, 0.3) is 0 Å². The molecular formula is C14H23BrClNO. The summed E-state index contributed by atoms with van der Waals surface area (Å²) in [4.78, 5) is 0. The summed E-state index contributed by atoms with van der Waals surface area (Å²) in [7, 11) is 0. The Kier molecular flexibility index (Phi) is 7.92. The Bertz CT molecular complexity index is 369. The summed E-state index contributed by atoms with van der Waals surface area (Å²) >= 11 is 3.50. The Morgan fingerprint density at radius 3 is 2.50 bits per heavy atom. The molecule has 0 spiro atoms. The summed E-state index contributed by atoms with van der Waals surface area (Å²) in [6.45, 7) is 10.2. The lowest BCUT2D eigenvalue weighted by Gasteiger charge is -2.25. The van der Waals surface area contributed by atoms with E-state index in [0.29, 0.717) is 6.61 Å². The third-order valence-electron chi connectivity index (χ3n) is 2.96. The molecule has 1 rings (SSSR count). The van der Waals surface area contributed by atoms with E-state index in [-0.39, 0.29) is 17.9 Å². The smallest absolute Gasteiger partial charge is 0.123 e. The molecule has 1 aromatic rings. The fourth-order valence-electron chi connectivity index (χ4n) is 1.44. The lowest BCUT2D eigenvalue weighted by Crippen LogP contribution is -2.37. The second kappa shape index (κ2) is 8.03. The van der Waals surface area contributed by atoms with Gasteiger partial charge in [-0.15, -0.1) is 12.4 Å². The zero-order chi connectivity index (χ0) is 12.9. The van der Waals surface area contributed by atoms with Gasteiger partial charge in [-0.1, -0.05) is 22.9 Å². The fraction of sp³-hybridized carbons (Fsp3) is 0.571. The first-order valence-electron chi connectivity index (χ1n) is 6.14. The van der Waals surface area contributed by atoms with Gasteiger partial charge in [-0.3, -0.25) is 0 Å². The van der Waals surface area contributed by atoms with Crippen molar-refractivity contribution in [2.45, 2.75) is 46.2 Å². The Balaban J connectivity index is 0.00000289. The minimum atomic E-state index is 0. The Morgan fingerprint density at radius 1 is 1.28 bits per heavy atom. The molecule has 0 saturated carbocycles. The molecule has 0 fully saturated rings. The van der Waals surface area contributed by atoms with Gasteiger partial charge < -0.3 is 10.1 Å². The third kappa shape index (κ3) is 5.59. The molecule has 0 unspecified atom stereocenters. The zero-order valence-electron chi connectivity index (χ0n) is 11.5. The third-order valence-corrected chi connectivity index (χ3v) is 3.46. The number of hydrogen-bond acceptors (Lipinski definition) is 2. The maximum atomic E-state index is 5.63. The summed E-state index contributed by atoms with van der Waals surface area (Å²) in [5.74, 6) is 0.968. The molecule has 0 aliphatic rings. The van der Waals surface area contributed by atoms with E-state index in [2.05, 4.69) is 48.1 Å². The van der Waals surface area contributed by atoms with Crippen LogP contribution in [-0.4, -0.2) is 12.1 Å². The van der Waals surface area contributed by atoms with Crippen LogP contribution in [0.3, 0.4) is 0 Å². The van der Waals surface area contributed by atoms with Crippen LogP contribution < -0.4 is 10.1 Å². The highest BCUT2D eigenvalue weighted by Crippen LogP contribution is 2.24. The van der Waals surface area contributed by atoms with E-state index in [1.54, 1.807) is 0 Å². The molecule has 104 valence electrons. The molecule has 0 saturated heterocycles. The SMILES string of the molecule is CCOc1ccc(Br)cc1CNC(C)(C)CC.Cl. The van der Waals surface area contributed by atoms with Crippen LogP contribution in [0.4, 0.5) is 0 Å². The van der Waals surface area contributed by atoms with Crippen LogP contribution in [0.5, 0.6) is 5.75 Å². The number of ether oxygens (including phenoxy) is 1. The monoisotopic (exact) mass is 335 g/mol. The second-order valence-electron chi connectivity index (χ2n) is 4.78. The minimum absolute atomic E-state index is 0. The summed E-state index contributed by atoms with van der Waals surface area (Å²) in [6.07, 6.45) is 1.10. The maximum Gasteiger partial charge on any atom is 0.123 e. The van der Waals surface area contributed by atoms with Crippen LogP contribution in [0, 0.1) is 0 Å². The Morgan fingerprint density at radius 2 is 1.94 bits per heavy atom. The number of rotatable bonds is 6. The van der Waals surface area contributed by atoms with Crippen molar-refractivity contribution in [3.05, 3.63) is 28.2 Å². The molecule has 0 bridgehead atoms. The highest BCUT2D eigenvalue weighted by atomic mass is 79.9. The quantitative estimate of drug-likeness (QED) is 0.823. The molecule has 2 nitrogen and oxygen atoms in total. The van der Waals surface area contributed by atoms with Crippen LogP contribution in [0.15, 0.2) is 22.7 Å². The molecule has 0 aliphatic heterocycles. The summed E-state index contributed by atoms with van der Waals surface area (Å²) < 4.78 is 6.72. The minimum Gasteiger partial charge on any atom is -0.494 e. The second-order valence-corrected chi connectivity index (χ2v) is 5.69. The maximum absolute atomic E-state index is 5.63. The molecule has 0 aromatic heterocycles. The fourth-order valence-corrected chi connectivity index (χ4v) is 1.85. The molecular weight excluding hydrogens is 314 g/mol. The van der Waals surface area contributed by atoms with E-state index in [1.165, 1.54) is 5.56 Å². The Labute approximate surface area is 125 Å². The van der Waals surface area contributed by atoms with Crippen molar-refractivity contribution in [3.8, 4) is 5.75 Å². The largest absolute Gasteiger partial charge is 0.494 e.